The van der Waals surface area contributed by atoms with Gasteiger partial charge in [0.2, 0.25) is 15.8 Å². The van der Waals surface area contributed by atoms with E-state index in [1.165, 1.54) is 18.2 Å². The van der Waals surface area contributed by atoms with E-state index in [0.29, 0.717) is 16.9 Å². The Morgan fingerprint density at radius 2 is 1.68 bits per heavy atom. The van der Waals surface area contributed by atoms with Crippen molar-refractivity contribution in [3.05, 3.63) is 64.7 Å². The first kappa shape index (κ1) is 17.7. The molecule has 2 aromatic rings. The second-order valence-electron chi connectivity index (χ2n) is 6.20. The molecule has 0 radical (unpaired) electrons. The molecular weight excluding hydrogens is 362 g/mol. The van der Waals surface area contributed by atoms with Crippen molar-refractivity contribution in [3.8, 4) is 0 Å². The molecule has 2 aromatic carbocycles. The lowest BCUT2D eigenvalue weighted by Gasteiger charge is -2.18. The highest BCUT2D eigenvalue weighted by atomic mass is 35.5. The number of rotatable bonds is 3. The van der Waals surface area contributed by atoms with Crippen molar-refractivity contribution in [2.45, 2.75) is 24.3 Å². The van der Waals surface area contributed by atoms with Crippen molar-refractivity contribution in [3.63, 3.8) is 0 Å². The predicted molar refractivity (Wildman–Crippen MR) is 96.3 cm³/mol. The molecule has 25 heavy (non-hydrogen) atoms. The van der Waals surface area contributed by atoms with Crippen molar-refractivity contribution in [1.82, 2.24) is 0 Å². The molecule has 0 spiro atoms. The number of carbonyl (C=O) groups excluding carboxylic acids is 1. The molecule has 130 valence electrons. The van der Waals surface area contributed by atoms with Gasteiger partial charge in [-0.1, -0.05) is 41.9 Å². The molecule has 7 heteroatoms. The van der Waals surface area contributed by atoms with Gasteiger partial charge in [-0.15, -0.1) is 0 Å². The number of benzene rings is 2. The Hall–Kier alpha value is -2.15. The Labute approximate surface area is 151 Å². The fraction of sp³-hybridized carbons (Fsp3) is 0.167. The first-order chi connectivity index (χ1) is 11.6. The molecule has 1 heterocycles. The third kappa shape index (κ3) is 3.20. The van der Waals surface area contributed by atoms with Gasteiger partial charge in [-0.3, -0.25) is 4.79 Å². The Bertz CT molecular complexity index is 995. The van der Waals surface area contributed by atoms with Gasteiger partial charge in [-0.05, 0) is 37.6 Å². The van der Waals surface area contributed by atoms with Gasteiger partial charge < -0.3 is 4.74 Å². The molecule has 0 saturated heterocycles. The number of carbonyl (C=O) groups is 1. The summed E-state index contributed by atoms with van der Waals surface area (Å²) >= 11 is 6.07. The first-order valence-corrected chi connectivity index (χ1v) is 9.40. The molecule has 2 N–H and O–H groups in total. The van der Waals surface area contributed by atoms with Crippen molar-refractivity contribution in [2.75, 3.05) is 0 Å². The topological polar surface area (TPSA) is 86.5 Å². The van der Waals surface area contributed by atoms with Crippen LogP contribution in [0.25, 0.3) is 11.3 Å². The Kier molecular flexibility index (Phi) is 4.23. The van der Waals surface area contributed by atoms with Gasteiger partial charge in [0.05, 0.1) is 10.6 Å². The zero-order valence-electron chi connectivity index (χ0n) is 13.6. The van der Waals surface area contributed by atoms with E-state index in [4.69, 9.17) is 21.5 Å². The highest BCUT2D eigenvalue weighted by Gasteiger charge is 2.42. The molecule has 3 rings (SSSR count). The number of hydrogen-bond acceptors (Lipinski definition) is 4. The highest BCUT2D eigenvalue weighted by molar-refractivity contribution is 7.89. The van der Waals surface area contributed by atoms with Crippen LogP contribution in [0.3, 0.4) is 0 Å². The summed E-state index contributed by atoms with van der Waals surface area (Å²) in [6, 6.07) is 13.4. The normalized spacial score (nSPS) is 16.9. The summed E-state index contributed by atoms with van der Waals surface area (Å²) in [6.45, 7) is 3.37. The summed E-state index contributed by atoms with van der Waals surface area (Å²) in [5.41, 5.74) is 0.644. The first-order valence-electron chi connectivity index (χ1n) is 7.47. The second kappa shape index (κ2) is 5.98. The fourth-order valence-electron chi connectivity index (χ4n) is 2.70. The number of hydrogen-bond donors (Lipinski definition) is 1. The van der Waals surface area contributed by atoms with Gasteiger partial charge in [0.15, 0.2) is 5.60 Å². The molecule has 0 atom stereocenters. The van der Waals surface area contributed by atoms with E-state index in [-0.39, 0.29) is 15.7 Å². The van der Waals surface area contributed by atoms with Crippen LogP contribution in [0.4, 0.5) is 0 Å². The van der Waals surface area contributed by atoms with Crippen LogP contribution in [0.1, 0.15) is 25.0 Å². The predicted octanol–water partition coefficient (Wildman–Crippen LogP) is 3.23. The summed E-state index contributed by atoms with van der Waals surface area (Å²) in [5, 5.41) is 5.11. The Morgan fingerprint density at radius 1 is 1.04 bits per heavy atom. The van der Waals surface area contributed by atoms with Crippen molar-refractivity contribution in [1.29, 1.82) is 0 Å². The quantitative estimate of drug-likeness (QED) is 0.889. The maximum absolute atomic E-state index is 12.8. The lowest BCUT2D eigenvalue weighted by Crippen LogP contribution is -2.29. The van der Waals surface area contributed by atoms with Gasteiger partial charge in [0.1, 0.15) is 10.7 Å². The number of ketones is 1. The van der Waals surface area contributed by atoms with E-state index in [1.807, 2.05) is 30.3 Å². The van der Waals surface area contributed by atoms with E-state index in [1.54, 1.807) is 13.8 Å². The zero-order valence-corrected chi connectivity index (χ0v) is 15.2. The Balaban J connectivity index is 2.21. The maximum Gasteiger partial charge on any atom is 0.239 e. The smallest absolute Gasteiger partial charge is 0.239 e. The van der Waals surface area contributed by atoms with Crippen LogP contribution < -0.4 is 5.14 Å². The second-order valence-corrected chi connectivity index (χ2v) is 8.14. The third-order valence-corrected chi connectivity index (χ3v) is 5.32. The monoisotopic (exact) mass is 377 g/mol. The van der Waals surface area contributed by atoms with Crippen LogP contribution in [0, 0.1) is 0 Å². The summed E-state index contributed by atoms with van der Waals surface area (Å²) in [5.74, 6) is 0.212. The van der Waals surface area contributed by atoms with Crippen LogP contribution in [0.15, 0.2) is 53.4 Å². The molecule has 0 aliphatic carbocycles. The molecule has 0 aromatic heterocycles. The minimum absolute atomic E-state index is 0.0272. The minimum atomic E-state index is -3.93. The number of sulfonamides is 1. The van der Waals surface area contributed by atoms with Gasteiger partial charge in [-0.25, -0.2) is 13.6 Å². The minimum Gasteiger partial charge on any atom is -0.478 e. The van der Waals surface area contributed by atoms with E-state index < -0.39 is 15.6 Å². The summed E-state index contributed by atoms with van der Waals surface area (Å²) in [4.78, 5) is 12.6. The molecule has 1 aliphatic rings. The number of Topliss-reactive ketones (excluding diaryl/α,β-unsaturated/α-hetero) is 1. The molecular formula is C18H16ClNO4S. The average molecular weight is 378 g/mol. The van der Waals surface area contributed by atoms with Crippen LogP contribution in [0.5, 0.6) is 0 Å². The van der Waals surface area contributed by atoms with E-state index in [0.717, 1.165) is 5.56 Å². The number of nitrogens with two attached hydrogens (primary N) is 1. The SMILES string of the molecule is CC1(C)OC(c2ccc(S(N)(=O)=O)c(Cl)c2)=C(c2ccccc2)C1=O. The average Bonchev–Trinajstić information content (AvgIpc) is 2.77. The lowest BCUT2D eigenvalue weighted by molar-refractivity contribution is -0.125. The van der Waals surface area contributed by atoms with Crippen LogP contribution >= 0.6 is 11.6 Å². The van der Waals surface area contributed by atoms with Gasteiger partial charge in [-0.2, -0.15) is 0 Å². The third-order valence-electron chi connectivity index (χ3n) is 3.92. The van der Waals surface area contributed by atoms with E-state index in [2.05, 4.69) is 0 Å². The van der Waals surface area contributed by atoms with Crippen LogP contribution in [-0.2, 0) is 19.6 Å². The lowest BCUT2D eigenvalue weighted by atomic mass is 9.93. The van der Waals surface area contributed by atoms with Gasteiger partial charge in [0.25, 0.3) is 0 Å². The Morgan fingerprint density at radius 3 is 2.24 bits per heavy atom. The fourth-order valence-corrected chi connectivity index (χ4v) is 3.79. The zero-order chi connectivity index (χ0) is 18.4. The van der Waals surface area contributed by atoms with Crippen LogP contribution in [-0.4, -0.2) is 19.8 Å². The molecule has 5 nitrogen and oxygen atoms in total. The van der Waals surface area contributed by atoms with Gasteiger partial charge in [0, 0.05) is 5.56 Å². The van der Waals surface area contributed by atoms with Gasteiger partial charge >= 0.3 is 0 Å². The summed E-state index contributed by atoms with van der Waals surface area (Å²) in [7, 11) is -3.93. The van der Waals surface area contributed by atoms with Crippen molar-refractivity contribution in [2.24, 2.45) is 5.14 Å². The number of ether oxygens (including phenoxy) is 1. The summed E-state index contributed by atoms with van der Waals surface area (Å²) < 4.78 is 28.9. The van der Waals surface area contributed by atoms with Crippen LogP contribution in [0.2, 0.25) is 5.02 Å². The standard InChI is InChI=1S/C18H16ClNO4S/c1-18(2)17(21)15(11-6-4-3-5-7-11)16(24-18)12-8-9-14(13(19)10-12)25(20,22)23/h3-10H,1-2H3,(H2,20,22,23). The molecule has 0 saturated carbocycles. The number of halogens is 1. The largest absolute Gasteiger partial charge is 0.478 e. The summed E-state index contributed by atoms with van der Waals surface area (Å²) in [6.07, 6.45) is 0. The molecule has 0 fully saturated rings. The molecule has 0 bridgehead atoms. The number of primary sulfonamides is 1. The highest BCUT2D eigenvalue weighted by Crippen LogP contribution is 2.42. The molecule has 1 aliphatic heterocycles. The van der Waals surface area contributed by atoms with E-state index in [9.17, 15) is 13.2 Å². The molecule has 0 amide bonds. The van der Waals surface area contributed by atoms with E-state index >= 15 is 0 Å². The van der Waals surface area contributed by atoms with Crippen molar-refractivity contribution < 1.29 is 17.9 Å². The molecule has 0 unspecified atom stereocenters. The van der Waals surface area contributed by atoms with Crippen molar-refractivity contribution >= 4 is 38.7 Å². The maximum atomic E-state index is 12.8.